The fourth-order valence-corrected chi connectivity index (χ4v) is 1.36. The topological polar surface area (TPSA) is 98.3 Å². The van der Waals surface area contributed by atoms with Gasteiger partial charge in [0.15, 0.2) is 5.82 Å². The Morgan fingerprint density at radius 2 is 2.00 bits per heavy atom. The Hall–Kier alpha value is -2.18. The number of nitrogens with two attached hydrogens (primary N) is 1. The Balaban J connectivity index is 3.15. The van der Waals surface area contributed by atoms with Crippen LogP contribution >= 0.6 is 0 Å². The number of anilines is 1. The minimum absolute atomic E-state index is 0.167. The summed E-state index contributed by atoms with van der Waals surface area (Å²) in [5.74, 6) is -1.39. The lowest BCUT2D eigenvalue weighted by molar-refractivity contribution is -0.385. The number of carbonyl (C=O) groups is 1. The molecule has 104 valence electrons. The van der Waals surface area contributed by atoms with E-state index in [4.69, 9.17) is 5.73 Å². The molecule has 6 nitrogen and oxygen atoms in total. The van der Waals surface area contributed by atoms with Crippen LogP contribution in [0.2, 0.25) is 0 Å². The highest BCUT2D eigenvalue weighted by Gasteiger charge is 2.24. The van der Waals surface area contributed by atoms with Gasteiger partial charge in [0, 0.05) is 6.04 Å². The maximum absolute atomic E-state index is 13.2. The average Bonchev–Trinajstić information content (AvgIpc) is 2.31. The first-order valence-corrected chi connectivity index (χ1v) is 5.78. The first-order chi connectivity index (χ1) is 8.73. The zero-order valence-electron chi connectivity index (χ0n) is 10.9. The third-order valence-electron chi connectivity index (χ3n) is 2.92. The molecule has 0 aliphatic rings. The molecule has 1 rings (SSSR count). The van der Waals surface area contributed by atoms with Gasteiger partial charge < -0.3 is 11.1 Å². The van der Waals surface area contributed by atoms with Crippen molar-refractivity contribution >= 4 is 17.3 Å². The summed E-state index contributed by atoms with van der Waals surface area (Å²) in [6.07, 6.45) is 0. The predicted octanol–water partition coefficient (Wildman–Crippen LogP) is 2.09. The van der Waals surface area contributed by atoms with E-state index < -0.39 is 22.3 Å². The molecular weight excluding hydrogens is 253 g/mol. The second kappa shape index (κ2) is 5.64. The van der Waals surface area contributed by atoms with Crippen molar-refractivity contribution in [1.82, 2.24) is 5.32 Å². The molecule has 3 N–H and O–H groups in total. The summed E-state index contributed by atoms with van der Waals surface area (Å²) in [6, 6.07) is 1.47. The molecule has 0 radical (unpaired) electrons. The van der Waals surface area contributed by atoms with Gasteiger partial charge in [-0.3, -0.25) is 14.9 Å². The molecule has 0 bridgehead atoms. The average molecular weight is 269 g/mol. The van der Waals surface area contributed by atoms with Crippen molar-refractivity contribution in [1.29, 1.82) is 0 Å². The van der Waals surface area contributed by atoms with Gasteiger partial charge in [-0.15, -0.1) is 0 Å². The summed E-state index contributed by atoms with van der Waals surface area (Å²) in [5.41, 5.74) is 4.21. The van der Waals surface area contributed by atoms with E-state index in [1.54, 1.807) is 6.92 Å². The van der Waals surface area contributed by atoms with Crippen LogP contribution in [0.4, 0.5) is 15.8 Å². The Labute approximate surface area is 109 Å². The van der Waals surface area contributed by atoms with Crippen LogP contribution in [-0.2, 0) is 0 Å². The smallest absolute Gasteiger partial charge is 0.285 e. The third kappa shape index (κ3) is 3.40. The van der Waals surface area contributed by atoms with E-state index in [0.717, 1.165) is 6.07 Å². The Morgan fingerprint density at radius 3 is 2.47 bits per heavy atom. The van der Waals surface area contributed by atoms with Crippen LogP contribution in [0, 0.1) is 21.8 Å². The highest BCUT2D eigenvalue weighted by molar-refractivity contribution is 5.99. The maximum atomic E-state index is 13.2. The molecule has 0 heterocycles. The SMILES string of the molecule is CC(C)C(C)NC(=O)c1cc(N)c(F)cc1[N+](=O)[O-]. The number of hydrogen-bond acceptors (Lipinski definition) is 4. The number of hydrogen-bond donors (Lipinski definition) is 2. The lowest BCUT2D eigenvalue weighted by Gasteiger charge is -2.17. The molecule has 0 saturated heterocycles. The fraction of sp³-hybridized carbons (Fsp3) is 0.417. The molecule has 0 aromatic heterocycles. The van der Waals surface area contributed by atoms with Crippen molar-refractivity contribution in [3.63, 3.8) is 0 Å². The zero-order valence-corrected chi connectivity index (χ0v) is 10.9. The van der Waals surface area contributed by atoms with Crippen LogP contribution in [-0.4, -0.2) is 16.9 Å². The van der Waals surface area contributed by atoms with Crippen molar-refractivity contribution < 1.29 is 14.1 Å². The number of benzene rings is 1. The van der Waals surface area contributed by atoms with Gasteiger partial charge in [-0.25, -0.2) is 4.39 Å². The number of nitrogen functional groups attached to an aromatic ring is 1. The molecule has 0 aliphatic heterocycles. The van der Waals surface area contributed by atoms with Gasteiger partial charge in [-0.2, -0.15) is 0 Å². The van der Waals surface area contributed by atoms with E-state index in [-0.39, 0.29) is 23.2 Å². The highest BCUT2D eigenvalue weighted by Crippen LogP contribution is 2.24. The molecule has 1 aromatic rings. The van der Waals surface area contributed by atoms with Gasteiger partial charge in [0.2, 0.25) is 0 Å². The van der Waals surface area contributed by atoms with Crippen LogP contribution < -0.4 is 11.1 Å². The van der Waals surface area contributed by atoms with E-state index in [0.29, 0.717) is 6.07 Å². The summed E-state index contributed by atoms with van der Waals surface area (Å²) in [7, 11) is 0. The molecule has 1 unspecified atom stereocenters. The quantitative estimate of drug-likeness (QED) is 0.496. The van der Waals surface area contributed by atoms with E-state index in [1.807, 2.05) is 13.8 Å². The van der Waals surface area contributed by atoms with Crippen LogP contribution in [0.25, 0.3) is 0 Å². The second-order valence-corrected chi connectivity index (χ2v) is 4.65. The van der Waals surface area contributed by atoms with Gasteiger partial charge in [0.25, 0.3) is 11.6 Å². The lowest BCUT2D eigenvalue weighted by atomic mass is 10.1. The Morgan fingerprint density at radius 1 is 1.42 bits per heavy atom. The minimum atomic E-state index is -0.917. The Bertz CT molecular complexity index is 517. The zero-order chi connectivity index (χ0) is 14.7. The highest BCUT2D eigenvalue weighted by atomic mass is 19.1. The number of amides is 1. The molecule has 19 heavy (non-hydrogen) atoms. The van der Waals surface area contributed by atoms with E-state index in [9.17, 15) is 19.3 Å². The molecule has 0 saturated carbocycles. The molecule has 1 amide bonds. The van der Waals surface area contributed by atoms with Crippen LogP contribution in [0.15, 0.2) is 12.1 Å². The van der Waals surface area contributed by atoms with Gasteiger partial charge >= 0.3 is 0 Å². The summed E-state index contributed by atoms with van der Waals surface area (Å²) in [4.78, 5) is 22.0. The normalized spacial score (nSPS) is 12.3. The molecule has 0 spiro atoms. The predicted molar refractivity (Wildman–Crippen MR) is 69.2 cm³/mol. The molecule has 0 fully saturated rings. The van der Waals surface area contributed by atoms with Crippen LogP contribution in [0.1, 0.15) is 31.1 Å². The summed E-state index contributed by atoms with van der Waals surface area (Å²) < 4.78 is 13.2. The first-order valence-electron chi connectivity index (χ1n) is 5.78. The van der Waals surface area contributed by atoms with Crippen LogP contribution in [0.3, 0.4) is 0 Å². The van der Waals surface area contributed by atoms with E-state index in [2.05, 4.69) is 5.32 Å². The maximum Gasteiger partial charge on any atom is 0.285 e. The number of nitro benzene ring substituents is 1. The lowest BCUT2D eigenvalue weighted by Crippen LogP contribution is -2.36. The minimum Gasteiger partial charge on any atom is -0.396 e. The molecule has 1 atom stereocenters. The van der Waals surface area contributed by atoms with Gasteiger partial charge in [-0.05, 0) is 18.9 Å². The summed E-state index contributed by atoms with van der Waals surface area (Å²) in [5, 5.41) is 13.4. The number of nitrogens with one attached hydrogen (secondary N) is 1. The molecule has 1 aromatic carbocycles. The molecule has 0 aliphatic carbocycles. The molecule has 7 heteroatoms. The molecular formula is C12H16FN3O3. The van der Waals surface area contributed by atoms with E-state index in [1.165, 1.54) is 0 Å². The number of halogens is 1. The number of nitro groups is 1. The van der Waals surface area contributed by atoms with Crippen molar-refractivity contribution in [3.8, 4) is 0 Å². The van der Waals surface area contributed by atoms with Crippen molar-refractivity contribution in [3.05, 3.63) is 33.6 Å². The van der Waals surface area contributed by atoms with Crippen molar-refractivity contribution in [2.45, 2.75) is 26.8 Å². The second-order valence-electron chi connectivity index (χ2n) is 4.65. The fourth-order valence-electron chi connectivity index (χ4n) is 1.36. The number of carbonyl (C=O) groups excluding carboxylic acids is 1. The van der Waals surface area contributed by atoms with Gasteiger partial charge in [0.05, 0.1) is 16.7 Å². The first kappa shape index (κ1) is 14.9. The van der Waals surface area contributed by atoms with Crippen LogP contribution in [0.5, 0.6) is 0 Å². The third-order valence-corrected chi connectivity index (χ3v) is 2.92. The Kier molecular flexibility index (Phi) is 4.42. The number of nitrogens with zero attached hydrogens (tertiary/aromatic N) is 1. The summed E-state index contributed by atoms with van der Waals surface area (Å²) in [6.45, 7) is 5.58. The largest absolute Gasteiger partial charge is 0.396 e. The summed E-state index contributed by atoms with van der Waals surface area (Å²) >= 11 is 0. The monoisotopic (exact) mass is 269 g/mol. The number of rotatable bonds is 4. The standard InChI is InChI=1S/C12H16FN3O3/c1-6(2)7(3)15-12(17)8-4-10(14)9(13)5-11(8)16(18)19/h4-7H,14H2,1-3H3,(H,15,17). The van der Waals surface area contributed by atoms with E-state index >= 15 is 0 Å². The van der Waals surface area contributed by atoms with Crippen molar-refractivity contribution in [2.24, 2.45) is 5.92 Å². The van der Waals surface area contributed by atoms with Gasteiger partial charge in [0.1, 0.15) is 5.56 Å². The van der Waals surface area contributed by atoms with Crippen molar-refractivity contribution in [2.75, 3.05) is 5.73 Å². The van der Waals surface area contributed by atoms with Gasteiger partial charge in [-0.1, -0.05) is 13.8 Å².